The summed E-state index contributed by atoms with van der Waals surface area (Å²) >= 11 is 0. The minimum Gasteiger partial charge on any atom is -0.497 e. The highest BCUT2D eigenvalue weighted by molar-refractivity contribution is 5.96. The number of carbonyl (C=O) groups is 1. The SMILES string of the molecule is COc1ccc(Cc2cc3cc(NC(=O)C(C)(C)C)cnc3n2CC2CCCCC2)cc1. The Labute approximate surface area is 191 Å². The lowest BCUT2D eigenvalue weighted by Crippen LogP contribution is -2.27. The van der Waals surface area contributed by atoms with Gasteiger partial charge in [0.25, 0.3) is 0 Å². The summed E-state index contributed by atoms with van der Waals surface area (Å²) in [4.78, 5) is 17.2. The number of anilines is 1. The Bertz CT molecular complexity index is 1070. The van der Waals surface area contributed by atoms with Gasteiger partial charge in [-0.05, 0) is 48.6 Å². The summed E-state index contributed by atoms with van der Waals surface area (Å²) in [5, 5.41) is 4.10. The molecule has 1 N–H and O–H groups in total. The zero-order valence-electron chi connectivity index (χ0n) is 19.8. The number of benzene rings is 1. The van der Waals surface area contributed by atoms with Crippen LogP contribution in [0.1, 0.15) is 64.1 Å². The minimum absolute atomic E-state index is 0.00116. The average Bonchev–Trinajstić information content (AvgIpc) is 3.10. The van der Waals surface area contributed by atoms with Gasteiger partial charge in [0.2, 0.25) is 5.91 Å². The van der Waals surface area contributed by atoms with Crippen molar-refractivity contribution in [3.8, 4) is 5.75 Å². The van der Waals surface area contributed by atoms with E-state index < -0.39 is 5.41 Å². The summed E-state index contributed by atoms with van der Waals surface area (Å²) in [7, 11) is 1.69. The van der Waals surface area contributed by atoms with Crippen molar-refractivity contribution in [1.82, 2.24) is 9.55 Å². The van der Waals surface area contributed by atoms with Crippen molar-refractivity contribution in [2.75, 3.05) is 12.4 Å². The van der Waals surface area contributed by atoms with Crippen molar-refractivity contribution < 1.29 is 9.53 Å². The monoisotopic (exact) mass is 433 g/mol. The molecule has 1 amide bonds. The van der Waals surface area contributed by atoms with E-state index in [0.29, 0.717) is 5.92 Å². The van der Waals surface area contributed by atoms with Gasteiger partial charge in [-0.25, -0.2) is 4.98 Å². The molecule has 0 aliphatic heterocycles. The standard InChI is InChI=1S/C27H35N3O2/c1-27(2,3)26(31)29-22-15-21-16-23(14-19-10-12-24(32-4)13-11-19)30(25(21)28-17-22)18-20-8-6-5-7-9-20/h10-13,15-17,20H,5-9,14,18H2,1-4H3,(H,29,31). The number of hydrogen-bond acceptors (Lipinski definition) is 3. The van der Waals surface area contributed by atoms with Gasteiger partial charge in [0, 0.05) is 29.5 Å². The number of nitrogens with one attached hydrogen (secondary N) is 1. The Morgan fingerprint density at radius 3 is 2.50 bits per heavy atom. The third-order valence-electron chi connectivity index (χ3n) is 6.47. The van der Waals surface area contributed by atoms with Crippen molar-refractivity contribution in [3.63, 3.8) is 0 Å². The number of pyridine rings is 1. The van der Waals surface area contributed by atoms with Gasteiger partial charge in [0.05, 0.1) is 19.0 Å². The third-order valence-corrected chi connectivity index (χ3v) is 6.47. The third kappa shape index (κ3) is 5.14. The maximum absolute atomic E-state index is 12.4. The molecule has 1 aromatic carbocycles. The van der Waals surface area contributed by atoms with Crippen LogP contribution in [0.25, 0.3) is 11.0 Å². The van der Waals surface area contributed by atoms with Crippen molar-refractivity contribution in [1.29, 1.82) is 0 Å². The van der Waals surface area contributed by atoms with Gasteiger partial charge in [-0.3, -0.25) is 4.79 Å². The van der Waals surface area contributed by atoms with Gasteiger partial charge in [-0.2, -0.15) is 0 Å². The number of carbonyl (C=O) groups excluding carboxylic acids is 1. The summed E-state index contributed by atoms with van der Waals surface area (Å²) in [6.07, 6.45) is 9.24. The molecule has 0 bridgehead atoms. The van der Waals surface area contributed by atoms with E-state index in [1.807, 2.05) is 32.9 Å². The molecule has 0 unspecified atom stereocenters. The maximum Gasteiger partial charge on any atom is 0.229 e. The van der Waals surface area contributed by atoms with Crippen molar-refractivity contribution in [2.45, 2.75) is 65.8 Å². The van der Waals surface area contributed by atoms with Crippen LogP contribution in [-0.4, -0.2) is 22.6 Å². The molecule has 0 spiro atoms. The molecule has 0 atom stereocenters. The van der Waals surface area contributed by atoms with E-state index >= 15 is 0 Å². The van der Waals surface area contributed by atoms with E-state index in [1.165, 1.54) is 43.4 Å². The molecule has 1 aliphatic carbocycles. The summed E-state index contributed by atoms with van der Waals surface area (Å²) < 4.78 is 7.72. The predicted octanol–water partition coefficient (Wildman–Crippen LogP) is 6.20. The lowest BCUT2D eigenvalue weighted by molar-refractivity contribution is -0.123. The molecule has 5 heteroatoms. The minimum atomic E-state index is -0.443. The van der Waals surface area contributed by atoms with Crippen LogP contribution in [0.4, 0.5) is 5.69 Å². The van der Waals surface area contributed by atoms with E-state index in [0.717, 1.165) is 35.4 Å². The van der Waals surface area contributed by atoms with E-state index in [-0.39, 0.29) is 5.91 Å². The first-order valence-corrected chi connectivity index (χ1v) is 11.8. The summed E-state index contributed by atoms with van der Waals surface area (Å²) in [5.41, 5.74) is 3.83. The number of nitrogens with zero attached hydrogens (tertiary/aromatic N) is 2. The number of aromatic nitrogens is 2. The Kier molecular flexibility index (Phi) is 6.54. The molecule has 3 aromatic rings. The predicted molar refractivity (Wildman–Crippen MR) is 130 cm³/mol. The van der Waals surface area contributed by atoms with Gasteiger partial charge in [-0.1, -0.05) is 52.2 Å². The molecule has 2 heterocycles. The van der Waals surface area contributed by atoms with Gasteiger partial charge < -0.3 is 14.6 Å². The van der Waals surface area contributed by atoms with Gasteiger partial charge >= 0.3 is 0 Å². The first kappa shape index (κ1) is 22.4. The lowest BCUT2D eigenvalue weighted by Gasteiger charge is -2.23. The second kappa shape index (κ2) is 9.35. The quantitative estimate of drug-likeness (QED) is 0.503. The van der Waals surface area contributed by atoms with E-state index in [2.05, 4.69) is 34.1 Å². The number of methoxy groups -OCH3 is 1. The van der Waals surface area contributed by atoms with Gasteiger partial charge in [-0.15, -0.1) is 0 Å². The fourth-order valence-corrected chi connectivity index (χ4v) is 4.52. The molecule has 5 nitrogen and oxygen atoms in total. The van der Waals surface area contributed by atoms with Crippen LogP contribution in [0, 0.1) is 11.3 Å². The van der Waals surface area contributed by atoms with Crippen LogP contribution in [0.15, 0.2) is 42.6 Å². The number of rotatable bonds is 6. The highest BCUT2D eigenvalue weighted by atomic mass is 16.5. The smallest absolute Gasteiger partial charge is 0.229 e. The summed E-state index contributed by atoms with van der Waals surface area (Å²) in [6, 6.07) is 12.6. The lowest BCUT2D eigenvalue weighted by atomic mass is 9.89. The zero-order valence-corrected chi connectivity index (χ0v) is 19.8. The molecular weight excluding hydrogens is 398 g/mol. The first-order valence-electron chi connectivity index (χ1n) is 11.8. The van der Waals surface area contributed by atoms with E-state index in [4.69, 9.17) is 9.72 Å². The molecule has 1 aliphatic rings. The van der Waals surface area contributed by atoms with Crippen LogP contribution in [0.5, 0.6) is 5.75 Å². The molecular formula is C27H35N3O2. The number of amides is 1. The highest BCUT2D eigenvalue weighted by Gasteiger charge is 2.22. The normalized spacial score (nSPS) is 15.1. The molecule has 170 valence electrons. The van der Waals surface area contributed by atoms with Crippen LogP contribution in [0.2, 0.25) is 0 Å². The van der Waals surface area contributed by atoms with Crippen LogP contribution >= 0.6 is 0 Å². The van der Waals surface area contributed by atoms with E-state index in [9.17, 15) is 4.79 Å². The van der Waals surface area contributed by atoms with Crippen LogP contribution < -0.4 is 10.1 Å². The molecule has 0 radical (unpaired) electrons. The largest absolute Gasteiger partial charge is 0.497 e. The number of hydrogen-bond donors (Lipinski definition) is 1. The zero-order chi connectivity index (χ0) is 22.7. The average molecular weight is 434 g/mol. The Balaban J connectivity index is 1.66. The summed E-state index contributed by atoms with van der Waals surface area (Å²) in [6.45, 7) is 6.77. The van der Waals surface area contributed by atoms with Crippen molar-refractivity contribution in [2.24, 2.45) is 11.3 Å². The number of ether oxygens (including phenoxy) is 1. The van der Waals surface area contributed by atoms with Gasteiger partial charge in [0.1, 0.15) is 11.4 Å². The Morgan fingerprint density at radius 2 is 1.84 bits per heavy atom. The molecule has 4 rings (SSSR count). The molecule has 1 saturated carbocycles. The first-order chi connectivity index (χ1) is 15.3. The molecule has 32 heavy (non-hydrogen) atoms. The topological polar surface area (TPSA) is 56.1 Å². The van der Waals surface area contributed by atoms with Gasteiger partial charge in [0.15, 0.2) is 0 Å². The highest BCUT2D eigenvalue weighted by Crippen LogP contribution is 2.30. The second-order valence-electron chi connectivity index (χ2n) is 10.1. The maximum atomic E-state index is 12.4. The Hall–Kier alpha value is -2.82. The van der Waals surface area contributed by atoms with Crippen LogP contribution in [0.3, 0.4) is 0 Å². The molecule has 1 fully saturated rings. The number of fused-ring (bicyclic) bond motifs is 1. The fourth-order valence-electron chi connectivity index (χ4n) is 4.52. The summed E-state index contributed by atoms with van der Waals surface area (Å²) in [5.74, 6) is 1.58. The molecule has 0 saturated heterocycles. The molecule has 2 aromatic heterocycles. The van der Waals surface area contributed by atoms with Crippen molar-refractivity contribution >= 4 is 22.6 Å². The Morgan fingerprint density at radius 1 is 1.12 bits per heavy atom. The van der Waals surface area contributed by atoms with Crippen molar-refractivity contribution in [3.05, 3.63) is 53.9 Å². The van der Waals surface area contributed by atoms with E-state index in [1.54, 1.807) is 13.3 Å². The van der Waals surface area contributed by atoms with Crippen LogP contribution in [-0.2, 0) is 17.8 Å². The second-order valence-corrected chi connectivity index (χ2v) is 10.1. The fraction of sp³-hybridized carbons (Fsp3) is 0.481.